The molecule has 1 heterocycles. The van der Waals surface area contributed by atoms with Crippen molar-refractivity contribution in [1.82, 2.24) is 4.98 Å². The van der Waals surface area contributed by atoms with Crippen LogP contribution in [-0.2, 0) is 0 Å². The van der Waals surface area contributed by atoms with Crippen molar-refractivity contribution in [3.63, 3.8) is 0 Å². The van der Waals surface area contributed by atoms with Crippen molar-refractivity contribution in [2.45, 2.75) is 16.8 Å². The minimum atomic E-state index is 0.681. The molecule has 88 valence electrons. The van der Waals surface area contributed by atoms with E-state index >= 15 is 0 Å². The quantitative estimate of drug-likeness (QED) is 0.904. The van der Waals surface area contributed by atoms with Gasteiger partial charge in [-0.15, -0.1) is 0 Å². The molecule has 0 fully saturated rings. The SMILES string of the molecule is COc1ccc(Sc2ccc(N)cn2)c(C)c1. The fourth-order valence-corrected chi connectivity index (χ4v) is 2.25. The average Bonchev–Trinajstić information content (AvgIpc) is 2.34. The van der Waals surface area contributed by atoms with Gasteiger partial charge in [0.05, 0.1) is 19.0 Å². The van der Waals surface area contributed by atoms with Crippen LogP contribution in [0.1, 0.15) is 5.56 Å². The van der Waals surface area contributed by atoms with Crippen LogP contribution in [0.3, 0.4) is 0 Å². The smallest absolute Gasteiger partial charge is 0.119 e. The van der Waals surface area contributed by atoms with Gasteiger partial charge < -0.3 is 10.5 Å². The van der Waals surface area contributed by atoms with Crippen LogP contribution in [0.4, 0.5) is 5.69 Å². The van der Waals surface area contributed by atoms with Crippen LogP contribution in [0, 0.1) is 6.92 Å². The highest BCUT2D eigenvalue weighted by molar-refractivity contribution is 7.99. The summed E-state index contributed by atoms with van der Waals surface area (Å²) >= 11 is 1.62. The lowest BCUT2D eigenvalue weighted by molar-refractivity contribution is 0.414. The van der Waals surface area contributed by atoms with Crippen LogP contribution >= 0.6 is 11.8 Å². The summed E-state index contributed by atoms with van der Waals surface area (Å²) < 4.78 is 5.17. The van der Waals surface area contributed by atoms with Crippen LogP contribution in [-0.4, -0.2) is 12.1 Å². The van der Waals surface area contributed by atoms with Crippen molar-refractivity contribution in [3.8, 4) is 5.75 Å². The maximum atomic E-state index is 5.60. The van der Waals surface area contributed by atoms with Crippen LogP contribution < -0.4 is 10.5 Å². The molecule has 0 aliphatic heterocycles. The maximum Gasteiger partial charge on any atom is 0.119 e. The number of rotatable bonds is 3. The molecule has 2 rings (SSSR count). The predicted molar refractivity (Wildman–Crippen MR) is 70.5 cm³/mol. The number of pyridine rings is 1. The molecule has 0 bridgehead atoms. The van der Waals surface area contributed by atoms with E-state index in [1.807, 2.05) is 30.3 Å². The van der Waals surface area contributed by atoms with Gasteiger partial charge >= 0.3 is 0 Å². The molecule has 1 aromatic heterocycles. The molecule has 3 nitrogen and oxygen atoms in total. The Balaban J connectivity index is 2.21. The second kappa shape index (κ2) is 5.10. The number of nitrogens with two attached hydrogens (primary N) is 1. The van der Waals surface area contributed by atoms with Gasteiger partial charge in [-0.1, -0.05) is 11.8 Å². The molecule has 1 aromatic carbocycles. The Bertz CT molecular complexity index is 511. The number of anilines is 1. The summed E-state index contributed by atoms with van der Waals surface area (Å²) in [6, 6.07) is 9.78. The number of ether oxygens (including phenoxy) is 1. The van der Waals surface area contributed by atoms with E-state index in [2.05, 4.69) is 11.9 Å². The molecule has 0 amide bonds. The fourth-order valence-electron chi connectivity index (χ4n) is 1.43. The van der Waals surface area contributed by atoms with Crippen molar-refractivity contribution in [3.05, 3.63) is 42.1 Å². The number of aryl methyl sites for hydroxylation is 1. The second-order valence-corrected chi connectivity index (χ2v) is 4.73. The monoisotopic (exact) mass is 246 g/mol. The lowest BCUT2D eigenvalue weighted by Crippen LogP contribution is -1.88. The minimum absolute atomic E-state index is 0.681. The van der Waals surface area contributed by atoms with Crippen molar-refractivity contribution in [2.24, 2.45) is 0 Å². The van der Waals surface area contributed by atoms with Crippen LogP contribution in [0.25, 0.3) is 0 Å². The standard InChI is InChI=1S/C13H14N2OS/c1-9-7-11(16-2)4-5-12(9)17-13-6-3-10(14)8-15-13/h3-8H,14H2,1-2H3. The summed E-state index contributed by atoms with van der Waals surface area (Å²) in [7, 11) is 1.67. The number of nitrogen functional groups attached to an aromatic ring is 1. The van der Waals surface area contributed by atoms with E-state index in [4.69, 9.17) is 10.5 Å². The van der Waals surface area contributed by atoms with Crippen LogP contribution in [0.5, 0.6) is 5.75 Å². The van der Waals surface area contributed by atoms with Crippen molar-refractivity contribution in [1.29, 1.82) is 0 Å². The van der Waals surface area contributed by atoms with Gasteiger partial charge in [0, 0.05) is 4.90 Å². The molecule has 0 radical (unpaired) electrons. The molecule has 0 saturated carbocycles. The van der Waals surface area contributed by atoms with E-state index in [-0.39, 0.29) is 0 Å². The Morgan fingerprint density at radius 2 is 2.06 bits per heavy atom. The lowest BCUT2D eigenvalue weighted by Gasteiger charge is -2.07. The van der Waals surface area contributed by atoms with E-state index in [9.17, 15) is 0 Å². The number of hydrogen-bond donors (Lipinski definition) is 1. The Morgan fingerprint density at radius 3 is 2.65 bits per heavy atom. The zero-order valence-corrected chi connectivity index (χ0v) is 10.6. The highest BCUT2D eigenvalue weighted by Crippen LogP contribution is 2.31. The molecule has 4 heteroatoms. The minimum Gasteiger partial charge on any atom is -0.497 e. The first kappa shape index (κ1) is 11.8. The molecule has 0 unspecified atom stereocenters. The zero-order chi connectivity index (χ0) is 12.3. The summed E-state index contributed by atoms with van der Waals surface area (Å²) in [5.41, 5.74) is 7.45. The molecule has 2 aromatic rings. The van der Waals surface area contributed by atoms with E-state index in [1.165, 1.54) is 10.5 Å². The first-order valence-corrected chi connectivity index (χ1v) is 6.04. The van der Waals surface area contributed by atoms with Gasteiger partial charge in [0.15, 0.2) is 0 Å². The number of benzene rings is 1. The first-order chi connectivity index (χ1) is 8.19. The summed E-state index contributed by atoms with van der Waals surface area (Å²) in [5, 5.41) is 0.937. The van der Waals surface area contributed by atoms with Gasteiger partial charge in [-0.25, -0.2) is 4.98 Å². The van der Waals surface area contributed by atoms with Crippen molar-refractivity contribution < 1.29 is 4.74 Å². The molecule has 0 saturated heterocycles. The molecular formula is C13H14N2OS. The summed E-state index contributed by atoms with van der Waals surface area (Å²) in [5.74, 6) is 0.872. The van der Waals surface area contributed by atoms with E-state index < -0.39 is 0 Å². The molecular weight excluding hydrogens is 232 g/mol. The number of nitrogens with zero attached hydrogens (tertiary/aromatic N) is 1. The lowest BCUT2D eigenvalue weighted by atomic mass is 10.2. The highest BCUT2D eigenvalue weighted by atomic mass is 32.2. The van der Waals surface area contributed by atoms with E-state index in [0.717, 1.165) is 10.8 Å². The Labute approximate surface area is 105 Å². The Morgan fingerprint density at radius 1 is 1.24 bits per heavy atom. The van der Waals surface area contributed by atoms with Gasteiger partial charge in [-0.2, -0.15) is 0 Å². The van der Waals surface area contributed by atoms with Crippen LogP contribution in [0.15, 0.2) is 46.5 Å². The van der Waals surface area contributed by atoms with E-state index in [1.54, 1.807) is 25.1 Å². The average molecular weight is 246 g/mol. The molecule has 0 aliphatic carbocycles. The largest absolute Gasteiger partial charge is 0.497 e. The van der Waals surface area contributed by atoms with Gasteiger partial charge in [0.2, 0.25) is 0 Å². The second-order valence-electron chi connectivity index (χ2n) is 3.66. The predicted octanol–water partition coefficient (Wildman–Crippen LogP) is 3.13. The third-order valence-corrected chi connectivity index (χ3v) is 3.48. The number of methoxy groups -OCH3 is 1. The Kier molecular flexibility index (Phi) is 3.54. The van der Waals surface area contributed by atoms with Gasteiger partial charge in [-0.3, -0.25) is 0 Å². The van der Waals surface area contributed by atoms with Crippen molar-refractivity contribution in [2.75, 3.05) is 12.8 Å². The van der Waals surface area contributed by atoms with Gasteiger partial charge in [0.25, 0.3) is 0 Å². The van der Waals surface area contributed by atoms with Crippen LogP contribution in [0.2, 0.25) is 0 Å². The van der Waals surface area contributed by atoms with Gasteiger partial charge in [0.1, 0.15) is 10.8 Å². The molecule has 0 spiro atoms. The first-order valence-electron chi connectivity index (χ1n) is 5.23. The third-order valence-electron chi connectivity index (χ3n) is 2.36. The fraction of sp³-hybridized carbons (Fsp3) is 0.154. The van der Waals surface area contributed by atoms with E-state index in [0.29, 0.717) is 5.69 Å². The summed E-state index contributed by atoms with van der Waals surface area (Å²) in [4.78, 5) is 5.43. The molecule has 17 heavy (non-hydrogen) atoms. The number of aromatic nitrogens is 1. The highest BCUT2D eigenvalue weighted by Gasteiger charge is 2.03. The normalized spacial score (nSPS) is 10.2. The number of hydrogen-bond acceptors (Lipinski definition) is 4. The Hall–Kier alpha value is -1.68. The van der Waals surface area contributed by atoms with Crippen molar-refractivity contribution >= 4 is 17.4 Å². The molecule has 0 atom stereocenters. The molecule has 0 aliphatic rings. The summed E-state index contributed by atoms with van der Waals surface area (Å²) in [6.07, 6.45) is 1.67. The van der Waals surface area contributed by atoms with Gasteiger partial charge in [-0.05, 0) is 42.8 Å². The maximum absolute atomic E-state index is 5.60. The zero-order valence-electron chi connectivity index (χ0n) is 9.81. The third kappa shape index (κ3) is 2.91. The molecule has 2 N–H and O–H groups in total. The topological polar surface area (TPSA) is 48.1 Å². The summed E-state index contributed by atoms with van der Waals surface area (Å²) in [6.45, 7) is 2.06.